The van der Waals surface area contributed by atoms with Gasteiger partial charge >= 0.3 is 0 Å². The maximum Gasteiger partial charge on any atom is 0.252 e. The first-order chi connectivity index (χ1) is 12.8. The Labute approximate surface area is 165 Å². The number of amides is 1. The summed E-state index contributed by atoms with van der Waals surface area (Å²) in [6.07, 6.45) is 1.41. The molecule has 3 rings (SSSR count). The minimum Gasteiger partial charge on any atom is -0.349 e. The lowest BCUT2D eigenvalue weighted by molar-refractivity contribution is -0.126. The van der Waals surface area contributed by atoms with E-state index in [2.05, 4.69) is 31.3 Å². The zero-order valence-electron chi connectivity index (χ0n) is 15.9. The van der Waals surface area contributed by atoms with Gasteiger partial charge in [0.25, 0.3) is 10.0 Å². The number of carbonyl (C=O) groups excluding carboxylic acids is 1. The monoisotopic (exact) mass is 406 g/mol. The normalized spacial score (nSPS) is 19.6. The first-order valence-electron chi connectivity index (χ1n) is 9.20. The number of benzene rings is 1. The maximum atomic E-state index is 12.8. The zero-order valence-corrected chi connectivity index (χ0v) is 17.6. The molecular formula is C20H26N2O3S2. The van der Waals surface area contributed by atoms with Crippen molar-refractivity contribution in [1.29, 1.82) is 0 Å². The predicted molar refractivity (Wildman–Crippen MR) is 108 cm³/mol. The summed E-state index contributed by atoms with van der Waals surface area (Å²) >= 11 is 1.21. The molecule has 1 saturated heterocycles. The van der Waals surface area contributed by atoms with Gasteiger partial charge in [0.2, 0.25) is 5.91 Å². The van der Waals surface area contributed by atoms with Crippen molar-refractivity contribution < 1.29 is 13.2 Å². The number of nitrogens with zero attached hydrogens (tertiary/aromatic N) is 1. The van der Waals surface area contributed by atoms with Gasteiger partial charge in [-0.25, -0.2) is 8.42 Å². The van der Waals surface area contributed by atoms with Crippen molar-refractivity contribution >= 4 is 27.3 Å². The fourth-order valence-electron chi connectivity index (χ4n) is 3.36. The van der Waals surface area contributed by atoms with Crippen LogP contribution in [-0.2, 0) is 14.8 Å². The predicted octanol–water partition coefficient (Wildman–Crippen LogP) is 3.64. The van der Waals surface area contributed by atoms with Gasteiger partial charge in [0.05, 0.1) is 12.0 Å². The van der Waals surface area contributed by atoms with Crippen LogP contribution in [-0.4, -0.2) is 31.7 Å². The summed E-state index contributed by atoms with van der Waals surface area (Å²) in [6, 6.07) is 9.42. The molecule has 1 aromatic heterocycles. The standard InChI is InChI=1S/C20H26N2O3S2/c1-14-8-9-17(12-15(14)2)16(3)21-20(23)18-6-4-10-22(13-18)27(24,25)19-7-5-11-26-19/h5,7-9,11-12,16,18H,4,6,10,13H2,1-3H3,(H,21,23). The summed E-state index contributed by atoms with van der Waals surface area (Å²) in [5.41, 5.74) is 3.48. The number of nitrogens with one attached hydrogen (secondary N) is 1. The van der Waals surface area contributed by atoms with Crippen molar-refractivity contribution in [3.05, 3.63) is 52.4 Å². The molecule has 2 heterocycles. The summed E-state index contributed by atoms with van der Waals surface area (Å²) < 4.78 is 27.3. The van der Waals surface area contributed by atoms with Gasteiger partial charge in [-0.3, -0.25) is 4.79 Å². The smallest absolute Gasteiger partial charge is 0.252 e. The van der Waals surface area contributed by atoms with Gasteiger partial charge in [0, 0.05) is 13.1 Å². The number of rotatable bonds is 5. The van der Waals surface area contributed by atoms with Gasteiger partial charge in [-0.2, -0.15) is 4.31 Å². The van der Waals surface area contributed by atoms with Crippen LogP contribution in [0.3, 0.4) is 0 Å². The van der Waals surface area contributed by atoms with Crippen molar-refractivity contribution in [3.8, 4) is 0 Å². The SMILES string of the molecule is Cc1ccc(C(C)NC(=O)C2CCCN(S(=O)(=O)c3cccs3)C2)cc1C. The number of thiophene rings is 1. The third-order valence-electron chi connectivity index (χ3n) is 5.23. The van der Waals surface area contributed by atoms with Gasteiger partial charge in [-0.05, 0) is 61.7 Å². The van der Waals surface area contributed by atoms with Gasteiger partial charge in [0.15, 0.2) is 0 Å². The molecule has 1 aliphatic heterocycles. The lowest BCUT2D eigenvalue weighted by Gasteiger charge is -2.31. The minimum atomic E-state index is -3.50. The van der Waals surface area contributed by atoms with Gasteiger partial charge < -0.3 is 5.32 Å². The quantitative estimate of drug-likeness (QED) is 0.824. The molecule has 2 aromatic rings. The van der Waals surface area contributed by atoms with Crippen LogP contribution >= 0.6 is 11.3 Å². The van der Waals surface area contributed by atoms with E-state index in [4.69, 9.17) is 0 Å². The second-order valence-electron chi connectivity index (χ2n) is 7.21. The van der Waals surface area contributed by atoms with Crippen LogP contribution in [0.15, 0.2) is 39.9 Å². The molecule has 27 heavy (non-hydrogen) atoms. The Morgan fingerprint density at radius 1 is 1.26 bits per heavy atom. The molecule has 5 nitrogen and oxygen atoms in total. The van der Waals surface area contributed by atoms with Crippen molar-refractivity contribution in [1.82, 2.24) is 9.62 Å². The van der Waals surface area contributed by atoms with E-state index in [1.54, 1.807) is 17.5 Å². The molecule has 146 valence electrons. The van der Waals surface area contributed by atoms with Gasteiger partial charge in [0.1, 0.15) is 4.21 Å². The molecule has 0 aliphatic carbocycles. The van der Waals surface area contributed by atoms with Crippen molar-refractivity contribution in [2.75, 3.05) is 13.1 Å². The number of hydrogen-bond acceptors (Lipinski definition) is 4. The van der Waals surface area contributed by atoms with E-state index in [-0.39, 0.29) is 24.4 Å². The fourth-order valence-corrected chi connectivity index (χ4v) is 6.03. The highest BCUT2D eigenvalue weighted by atomic mass is 32.2. The van der Waals surface area contributed by atoms with Crippen molar-refractivity contribution in [3.63, 3.8) is 0 Å². The van der Waals surface area contributed by atoms with Gasteiger partial charge in [-0.1, -0.05) is 24.3 Å². The number of hydrogen-bond donors (Lipinski definition) is 1. The molecule has 0 saturated carbocycles. The van der Waals surface area contributed by atoms with Gasteiger partial charge in [-0.15, -0.1) is 11.3 Å². The third-order valence-corrected chi connectivity index (χ3v) is 8.47. The molecule has 1 fully saturated rings. The first-order valence-corrected chi connectivity index (χ1v) is 11.5. The fraction of sp³-hybridized carbons (Fsp3) is 0.450. The summed E-state index contributed by atoms with van der Waals surface area (Å²) in [5, 5.41) is 4.82. The van der Waals surface area contributed by atoms with Crippen LogP contribution in [0.1, 0.15) is 42.5 Å². The maximum absolute atomic E-state index is 12.8. The molecule has 2 unspecified atom stereocenters. The van der Waals surface area contributed by atoms with E-state index in [0.717, 1.165) is 5.56 Å². The number of carbonyl (C=O) groups is 1. The molecule has 0 radical (unpaired) electrons. The first kappa shape index (κ1) is 20.0. The Bertz CT molecular complexity index is 907. The molecule has 1 amide bonds. The largest absolute Gasteiger partial charge is 0.349 e. The van der Waals surface area contributed by atoms with E-state index in [1.807, 2.05) is 13.0 Å². The van der Waals surface area contributed by atoms with Crippen LogP contribution in [0.5, 0.6) is 0 Å². The van der Waals surface area contributed by atoms with Crippen LogP contribution in [0, 0.1) is 19.8 Å². The second kappa shape index (κ2) is 8.12. The highest BCUT2D eigenvalue weighted by molar-refractivity contribution is 7.91. The summed E-state index contributed by atoms with van der Waals surface area (Å²) in [6.45, 7) is 6.79. The molecule has 1 aromatic carbocycles. The molecular weight excluding hydrogens is 380 g/mol. The van der Waals surface area contributed by atoms with E-state index in [9.17, 15) is 13.2 Å². The number of aryl methyl sites for hydroxylation is 2. The van der Waals surface area contributed by atoms with Crippen LogP contribution in [0.2, 0.25) is 0 Å². The van der Waals surface area contributed by atoms with E-state index in [1.165, 1.54) is 26.8 Å². The Hall–Kier alpha value is -1.70. The van der Waals surface area contributed by atoms with E-state index < -0.39 is 10.0 Å². The van der Waals surface area contributed by atoms with Crippen molar-refractivity contribution in [2.24, 2.45) is 5.92 Å². The lowest BCUT2D eigenvalue weighted by atomic mass is 9.97. The molecule has 1 aliphatic rings. The van der Waals surface area contributed by atoms with E-state index in [0.29, 0.717) is 23.6 Å². The lowest BCUT2D eigenvalue weighted by Crippen LogP contribution is -2.45. The molecule has 0 bridgehead atoms. The highest BCUT2D eigenvalue weighted by Gasteiger charge is 2.34. The molecule has 2 atom stereocenters. The highest BCUT2D eigenvalue weighted by Crippen LogP contribution is 2.27. The molecule has 0 spiro atoms. The Morgan fingerprint density at radius 3 is 2.70 bits per heavy atom. The molecule has 7 heteroatoms. The van der Waals surface area contributed by atoms with E-state index >= 15 is 0 Å². The summed E-state index contributed by atoms with van der Waals surface area (Å²) in [5.74, 6) is -0.394. The Balaban J connectivity index is 1.67. The molecule has 1 N–H and O–H groups in total. The van der Waals surface area contributed by atoms with Crippen LogP contribution in [0.25, 0.3) is 0 Å². The van der Waals surface area contributed by atoms with Crippen LogP contribution < -0.4 is 5.32 Å². The number of sulfonamides is 1. The zero-order chi connectivity index (χ0) is 19.6. The number of piperidine rings is 1. The summed E-state index contributed by atoms with van der Waals surface area (Å²) in [7, 11) is -3.50. The topological polar surface area (TPSA) is 66.5 Å². The summed E-state index contributed by atoms with van der Waals surface area (Å²) in [4.78, 5) is 12.8. The second-order valence-corrected chi connectivity index (χ2v) is 10.3. The Morgan fingerprint density at radius 2 is 2.04 bits per heavy atom. The van der Waals surface area contributed by atoms with Crippen LogP contribution in [0.4, 0.5) is 0 Å². The average Bonchev–Trinajstić information content (AvgIpc) is 3.19. The average molecular weight is 407 g/mol. The van der Waals surface area contributed by atoms with Crippen molar-refractivity contribution in [2.45, 2.75) is 43.9 Å². The minimum absolute atomic E-state index is 0.0770. The Kier molecular flexibility index (Phi) is 6.03. The third kappa shape index (κ3) is 4.42.